The van der Waals surface area contributed by atoms with Crippen molar-refractivity contribution in [2.45, 2.75) is 57.7 Å². The first-order valence-corrected chi connectivity index (χ1v) is 8.06. The molecule has 5 nitrogen and oxygen atoms in total. The number of carbonyl (C=O) groups is 1. The Hall–Kier alpha value is -0.650. The third-order valence-electron chi connectivity index (χ3n) is 4.44. The van der Waals surface area contributed by atoms with Gasteiger partial charge in [-0.05, 0) is 52.7 Å². The fraction of sp³-hybridized carbons (Fsp3) is 0.933. The first-order chi connectivity index (χ1) is 9.54. The Balaban J connectivity index is 1.66. The Morgan fingerprint density at radius 2 is 1.95 bits per heavy atom. The smallest absolute Gasteiger partial charge is 0.221 e. The van der Waals surface area contributed by atoms with E-state index in [9.17, 15) is 4.79 Å². The molecular formula is C15H30N4O. The summed E-state index contributed by atoms with van der Waals surface area (Å²) in [4.78, 5) is 16.7. The summed E-state index contributed by atoms with van der Waals surface area (Å²) in [6.45, 7) is 9.44. The molecule has 2 fully saturated rings. The van der Waals surface area contributed by atoms with Crippen LogP contribution in [0.4, 0.5) is 0 Å². The minimum atomic E-state index is 0.174. The third kappa shape index (κ3) is 4.72. The van der Waals surface area contributed by atoms with E-state index in [1.165, 1.54) is 6.42 Å². The van der Waals surface area contributed by atoms with Gasteiger partial charge in [-0.1, -0.05) is 0 Å². The summed E-state index contributed by atoms with van der Waals surface area (Å²) in [5.74, 6) is 0.174. The summed E-state index contributed by atoms with van der Waals surface area (Å²) in [5.41, 5.74) is 5.96. The number of likely N-dealkylation sites (tertiary alicyclic amines) is 2. The normalized spacial score (nSPS) is 26.3. The first-order valence-electron chi connectivity index (χ1n) is 8.06. The van der Waals surface area contributed by atoms with Crippen molar-refractivity contribution >= 4 is 5.91 Å². The van der Waals surface area contributed by atoms with Crippen LogP contribution in [0.3, 0.4) is 0 Å². The second-order valence-corrected chi connectivity index (χ2v) is 6.59. The molecule has 1 amide bonds. The zero-order valence-electron chi connectivity index (χ0n) is 13.0. The Bertz CT molecular complexity index is 313. The van der Waals surface area contributed by atoms with E-state index in [0.717, 1.165) is 45.6 Å². The summed E-state index contributed by atoms with van der Waals surface area (Å²) < 4.78 is 0. The van der Waals surface area contributed by atoms with Crippen LogP contribution in [0.15, 0.2) is 0 Å². The number of hydrogen-bond acceptors (Lipinski definition) is 4. The number of nitrogens with two attached hydrogens (primary N) is 1. The van der Waals surface area contributed by atoms with E-state index >= 15 is 0 Å². The number of carbonyl (C=O) groups excluding carboxylic acids is 1. The van der Waals surface area contributed by atoms with Crippen molar-refractivity contribution in [3.05, 3.63) is 0 Å². The van der Waals surface area contributed by atoms with Crippen LogP contribution in [-0.4, -0.2) is 66.6 Å². The number of nitrogens with zero attached hydrogens (tertiary/aromatic N) is 2. The van der Waals surface area contributed by atoms with E-state index in [-0.39, 0.29) is 11.9 Å². The maximum absolute atomic E-state index is 11.7. The Morgan fingerprint density at radius 1 is 1.25 bits per heavy atom. The lowest BCUT2D eigenvalue weighted by Gasteiger charge is -2.34. The molecule has 20 heavy (non-hydrogen) atoms. The summed E-state index contributed by atoms with van der Waals surface area (Å²) >= 11 is 0. The molecule has 2 aliphatic heterocycles. The number of amides is 1. The molecule has 1 unspecified atom stereocenters. The number of hydrogen-bond donors (Lipinski definition) is 2. The fourth-order valence-corrected chi connectivity index (χ4v) is 3.25. The highest BCUT2D eigenvalue weighted by atomic mass is 16.1. The average molecular weight is 282 g/mol. The van der Waals surface area contributed by atoms with E-state index in [0.29, 0.717) is 18.5 Å². The van der Waals surface area contributed by atoms with Crippen LogP contribution in [0.1, 0.15) is 39.5 Å². The van der Waals surface area contributed by atoms with Crippen molar-refractivity contribution in [1.82, 2.24) is 15.1 Å². The molecule has 0 radical (unpaired) electrons. The van der Waals surface area contributed by atoms with E-state index in [1.807, 2.05) is 13.8 Å². The van der Waals surface area contributed by atoms with Crippen LogP contribution < -0.4 is 11.1 Å². The van der Waals surface area contributed by atoms with E-state index in [4.69, 9.17) is 5.73 Å². The molecule has 0 aromatic carbocycles. The van der Waals surface area contributed by atoms with Crippen LogP contribution >= 0.6 is 0 Å². The second-order valence-electron chi connectivity index (χ2n) is 6.59. The van der Waals surface area contributed by atoms with Crippen LogP contribution in [0.25, 0.3) is 0 Å². The molecule has 2 aliphatic rings. The lowest BCUT2D eigenvalue weighted by atomic mass is 10.0. The van der Waals surface area contributed by atoms with Gasteiger partial charge in [0.25, 0.3) is 0 Å². The molecule has 2 saturated heterocycles. The standard InChI is InChI=1S/C15H30N4O/c1-12(2)17-15(20)6-8-18-7-5-14(11-18)19-9-3-13(16)4-10-19/h12-14H,3-11,16H2,1-2H3,(H,17,20). The first kappa shape index (κ1) is 15.7. The molecule has 0 bridgehead atoms. The molecule has 0 saturated carbocycles. The van der Waals surface area contributed by atoms with Gasteiger partial charge in [-0.15, -0.1) is 0 Å². The largest absolute Gasteiger partial charge is 0.354 e. The van der Waals surface area contributed by atoms with Crippen LogP contribution in [-0.2, 0) is 4.79 Å². The maximum atomic E-state index is 11.7. The molecule has 3 N–H and O–H groups in total. The van der Waals surface area contributed by atoms with Gasteiger partial charge >= 0.3 is 0 Å². The van der Waals surface area contributed by atoms with Gasteiger partial charge in [0.2, 0.25) is 5.91 Å². The van der Waals surface area contributed by atoms with Crippen LogP contribution in [0, 0.1) is 0 Å². The quantitative estimate of drug-likeness (QED) is 0.766. The Morgan fingerprint density at radius 3 is 2.60 bits per heavy atom. The fourth-order valence-electron chi connectivity index (χ4n) is 3.25. The molecule has 0 aliphatic carbocycles. The molecule has 116 valence electrons. The van der Waals surface area contributed by atoms with Crippen molar-refractivity contribution in [1.29, 1.82) is 0 Å². The molecule has 0 spiro atoms. The van der Waals surface area contributed by atoms with Gasteiger partial charge in [0.15, 0.2) is 0 Å². The molecular weight excluding hydrogens is 252 g/mol. The predicted molar refractivity (Wildman–Crippen MR) is 81.5 cm³/mol. The number of piperidine rings is 1. The molecule has 5 heteroatoms. The highest BCUT2D eigenvalue weighted by Crippen LogP contribution is 2.19. The number of nitrogens with one attached hydrogen (secondary N) is 1. The van der Waals surface area contributed by atoms with Crippen molar-refractivity contribution in [2.24, 2.45) is 5.73 Å². The maximum Gasteiger partial charge on any atom is 0.221 e. The molecule has 2 heterocycles. The van der Waals surface area contributed by atoms with E-state index < -0.39 is 0 Å². The van der Waals surface area contributed by atoms with Gasteiger partial charge in [-0.2, -0.15) is 0 Å². The van der Waals surface area contributed by atoms with Crippen LogP contribution in [0.5, 0.6) is 0 Å². The topological polar surface area (TPSA) is 61.6 Å². The van der Waals surface area contributed by atoms with Crippen molar-refractivity contribution < 1.29 is 4.79 Å². The summed E-state index contributed by atoms with van der Waals surface area (Å²) in [6.07, 6.45) is 4.12. The third-order valence-corrected chi connectivity index (χ3v) is 4.44. The Kier molecular flexibility index (Phi) is 5.81. The molecule has 0 aromatic heterocycles. The van der Waals surface area contributed by atoms with Gasteiger partial charge in [-0.25, -0.2) is 0 Å². The van der Waals surface area contributed by atoms with Gasteiger partial charge < -0.3 is 16.0 Å². The number of rotatable bonds is 5. The minimum Gasteiger partial charge on any atom is -0.354 e. The van der Waals surface area contributed by atoms with Gasteiger partial charge in [-0.3, -0.25) is 9.69 Å². The Labute approximate surface area is 122 Å². The zero-order valence-corrected chi connectivity index (χ0v) is 13.0. The lowest BCUT2D eigenvalue weighted by molar-refractivity contribution is -0.121. The predicted octanol–water partition coefficient (Wildman–Crippen LogP) is 0.399. The zero-order chi connectivity index (χ0) is 14.5. The second kappa shape index (κ2) is 7.38. The van der Waals surface area contributed by atoms with Gasteiger partial charge in [0.1, 0.15) is 0 Å². The highest BCUT2D eigenvalue weighted by molar-refractivity contribution is 5.76. The summed E-state index contributed by atoms with van der Waals surface area (Å²) in [6, 6.07) is 1.32. The highest BCUT2D eigenvalue weighted by Gasteiger charge is 2.29. The molecule has 2 rings (SSSR count). The summed E-state index contributed by atoms with van der Waals surface area (Å²) in [7, 11) is 0. The summed E-state index contributed by atoms with van der Waals surface area (Å²) in [5, 5.41) is 2.96. The lowest BCUT2D eigenvalue weighted by Crippen LogP contribution is -2.46. The minimum absolute atomic E-state index is 0.174. The van der Waals surface area contributed by atoms with Gasteiger partial charge in [0, 0.05) is 37.6 Å². The van der Waals surface area contributed by atoms with Crippen molar-refractivity contribution in [2.75, 3.05) is 32.7 Å². The SMILES string of the molecule is CC(C)NC(=O)CCN1CCC(N2CCC(N)CC2)C1. The molecule has 0 aromatic rings. The van der Waals surface area contributed by atoms with Crippen molar-refractivity contribution in [3.63, 3.8) is 0 Å². The van der Waals surface area contributed by atoms with Gasteiger partial charge in [0.05, 0.1) is 0 Å². The monoisotopic (exact) mass is 282 g/mol. The van der Waals surface area contributed by atoms with Crippen LogP contribution in [0.2, 0.25) is 0 Å². The average Bonchev–Trinajstić information content (AvgIpc) is 2.85. The van der Waals surface area contributed by atoms with E-state index in [1.54, 1.807) is 0 Å². The van der Waals surface area contributed by atoms with Crippen molar-refractivity contribution in [3.8, 4) is 0 Å². The molecule has 1 atom stereocenters. The van der Waals surface area contributed by atoms with E-state index in [2.05, 4.69) is 15.1 Å².